The second-order valence-corrected chi connectivity index (χ2v) is 7.13. The molecule has 3 aromatic carbocycles. The lowest BCUT2D eigenvalue weighted by Gasteiger charge is -2.14. The van der Waals surface area contributed by atoms with Gasteiger partial charge in [0.05, 0.1) is 10.9 Å². The van der Waals surface area contributed by atoms with Crippen molar-refractivity contribution in [2.75, 3.05) is 5.32 Å². The van der Waals surface area contributed by atoms with Gasteiger partial charge in [0.25, 0.3) is 5.56 Å². The van der Waals surface area contributed by atoms with Gasteiger partial charge in [-0.1, -0.05) is 48.0 Å². The van der Waals surface area contributed by atoms with Crippen LogP contribution in [0, 0.1) is 13.8 Å². The molecular formula is C24H21N3O2. The largest absolute Gasteiger partial charge is 0.325 e. The second-order valence-electron chi connectivity index (χ2n) is 7.13. The summed E-state index contributed by atoms with van der Waals surface area (Å²) in [5.41, 5.74) is 3.99. The van der Waals surface area contributed by atoms with Gasteiger partial charge >= 0.3 is 0 Å². The Morgan fingerprint density at radius 3 is 2.41 bits per heavy atom. The van der Waals surface area contributed by atoms with Gasteiger partial charge in [-0.15, -0.1) is 0 Å². The molecule has 1 N–H and O–H groups in total. The lowest BCUT2D eigenvalue weighted by Crippen LogP contribution is -2.30. The highest BCUT2D eigenvalue weighted by Crippen LogP contribution is 2.20. The Balaban J connectivity index is 1.79. The summed E-state index contributed by atoms with van der Waals surface area (Å²) >= 11 is 0. The zero-order valence-corrected chi connectivity index (χ0v) is 16.3. The average Bonchev–Trinajstić information content (AvgIpc) is 2.70. The molecule has 0 aliphatic carbocycles. The van der Waals surface area contributed by atoms with Crippen molar-refractivity contribution >= 4 is 22.5 Å². The molecule has 29 heavy (non-hydrogen) atoms. The first-order valence-corrected chi connectivity index (χ1v) is 9.44. The van der Waals surface area contributed by atoms with Crippen molar-refractivity contribution in [1.29, 1.82) is 0 Å². The van der Waals surface area contributed by atoms with Gasteiger partial charge in [-0.3, -0.25) is 14.2 Å². The minimum absolute atomic E-state index is 0.117. The van der Waals surface area contributed by atoms with Gasteiger partial charge in [-0.2, -0.15) is 0 Å². The van der Waals surface area contributed by atoms with Crippen molar-refractivity contribution in [1.82, 2.24) is 9.55 Å². The minimum atomic E-state index is -0.274. The van der Waals surface area contributed by atoms with Crippen LogP contribution in [0.2, 0.25) is 0 Å². The monoisotopic (exact) mass is 383 g/mol. The fraction of sp³-hybridized carbons (Fsp3) is 0.125. The third-order valence-electron chi connectivity index (χ3n) is 4.74. The van der Waals surface area contributed by atoms with Crippen LogP contribution < -0.4 is 10.9 Å². The SMILES string of the molecule is Cc1cccc(NC(=O)Cn2c(-c3cccc(C)c3)nc3ccccc3c2=O)c1. The van der Waals surface area contributed by atoms with Crippen molar-refractivity contribution in [2.24, 2.45) is 0 Å². The molecule has 1 aromatic heterocycles. The van der Waals surface area contributed by atoms with Gasteiger partial charge in [-0.25, -0.2) is 4.98 Å². The average molecular weight is 383 g/mol. The number of nitrogens with one attached hydrogen (secondary N) is 1. The summed E-state index contributed by atoms with van der Waals surface area (Å²) in [7, 11) is 0. The molecule has 4 rings (SSSR count). The molecule has 0 unspecified atom stereocenters. The smallest absolute Gasteiger partial charge is 0.262 e. The summed E-state index contributed by atoms with van der Waals surface area (Å²) in [5, 5.41) is 3.36. The minimum Gasteiger partial charge on any atom is -0.325 e. The van der Waals surface area contributed by atoms with E-state index in [1.54, 1.807) is 12.1 Å². The van der Waals surface area contributed by atoms with Crippen LogP contribution in [0.15, 0.2) is 77.6 Å². The van der Waals surface area contributed by atoms with Crippen LogP contribution in [0.25, 0.3) is 22.3 Å². The molecule has 5 heteroatoms. The van der Waals surface area contributed by atoms with Crippen molar-refractivity contribution in [3.8, 4) is 11.4 Å². The van der Waals surface area contributed by atoms with Crippen molar-refractivity contribution in [2.45, 2.75) is 20.4 Å². The highest BCUT2D eigenvalue weighted by Gasteiger charge is 2.15. The van der Waals surface area contributed by atoms with Gasteiger partial charge in [-0.05, 0) is 49.7 Å². The molecular weight excluding hydrogens is 362 g/mol. The van der Waals surface area contributed by atoms with E-state index in [-0.39, 0.29) is 18.0 Å². The van der Waals surface area contributed by atoms with Crippen LogP contribution in [0.3, 0.4) is 0 Å². The van der Waals surface area contributed by atoms with E-state index in [1.165, 1.54) is 4.57 Å². The first-order chi connectivity index (χ1) is 14.0. The first-order valence-electron chi connectivity index (χ1n) is 9.44. The van der Waals surface area contributed by atoms with Crippen LogP contribution in [0.1, 0.15) is 11.1 Å². The Hall–Kier alpha value is -3.73. The van der Waals surface area contributed by atoms with E-state index in [4.69, 9.17) is 4.98 Å². The molecule has 0 fully saturated rings. The molecule has 5 nitrogen and oxygen atoms in total. The number of amides is 1. The number of benzene rings is 3. The molecule has 0 bridgehead atoms. The Kier molecular flexibility index (Phi) is 4.96. The van der Waals surface area contributed by atoms with Gasteiger partial charge < -0.3 is 5.32 Å². The van der Waals surface area contributed by atoms with E-state index in [2.05, 4.69) is 5.32 Å². The lowest BCUT2D eigenvalue weighted by molar-refractivity contribution is -0.116. The summed E-state index contributed by atoms with van der Waals surface area (Å²) in [4.78, 5) is 30.6. The normalized spacial score (nSPS) is 10.8. The summed E-state index contributed by atoms with van der Waals surface area (Å²) in [6.07, 6.45) is 0. The lowest BCUT2D eigenvalue weighted by atomic mass is 10.1. The van der Waals surface area contributed by atoms with Crippen molar-refractivity contribution in [3.05, 3.63) is 94.3 Å². The third-order valence-corrected chi connectivity index (χ3v) is 4.74. The maximum absolute atomic E-state index is 13.2. The van der Waals surface area contributed by atoms with Gasteiger partial charge in [0.1, 0.15) is 12.4 Å². The second kappa shape index (κ2) is 7.72. The molecule has 1 heterocycles. The molecule has 0 spiro atoms. The van der Waals surface area contributed by atoms with Gasteiger partial charge in [0, 0.05) is 11.3 Å². The summed E-state index contributed by atoms with van der Waals surface area (Å²) in [6, 6.07) is 22.5. The van der Waals surface area contributed by atoms with E-state index < -0.39 is 0 Å². The van der Waals surface area contributed by atoms with Crippen LogP contribution in [-0.4, -0.2) is 15.5 Å². The number of anilines is 1. The zero-order chi connectivity index (χ0) is 20.4. The van der Waals surface area contributed by atoms with E-state index in [9.17, 15) is 9.59 Å². The predicted molar refractivity (Wildman–Crippen MR) is 116 cm³/mol. The van der Waals surface area contributed by atoms with Crippen molar-refractivity contribution < 1.29 is 4.79 Å². The first kappa shape index (κ1) is 18.6. The highest BCUT2D eigenvalue weighted by atomic mass is 16.2. The Morgan fingerprint density at radius 2 is 1.66 bits per heavy atom. The number of para-hydroxylation sites is 1. The molecule has 0 saturated carbocycles. The van der Waals surface area contributed by atoms with Crippen LogP contribution >= 0.6 is 0 Å². The summed E-state index contributed by atoms with van der Waals surface area (Å²) in [6.45, 7) is 3.83. The van der Waals surface area contributed by atoms with Crippen LogP contribution in [0.4, 0.5) is 5.69 Å². The van der Waals surface area contributed by atoms with Crippen LogP contribution in [-0.2, 0) is 11.3 Å². The van der Waals surface area contributed by atoms with E-state index in [0.717, 1.165) is 16.7 Å². The fourth-order valence-corrected chi connectivity index (χ4v) is 3.39. The number of aryl methyl sites for hydroxylation is 2. The number of carbonyl (C=O) groups is 1. The molecule has 144 valence electrons. The number of hydrogen-bond acceptors (Lipinski definition) is 3. The zero-order valence-electron chi connectivity index (χ0n) is 16.3. The van der Waals surface area contributed by atoms with Gasteiger partial charge in [0.15, 0.2) is 0 Å². The quantitative estimate of drug-likeness (QED) is 0.571. The van der Waals surface area contributed by atoms with Gasteiger partial charge in [0.2, 0.25) is 5.91 Å². The third kappa shape index (κ3) is 3.94. The number of aromatic nitrogens is 2. The van der Waals surface area contributed by atoms with Crippen LogP contribution in [0.5, 0.6) is 0 Å². The fourth-order valence-electron chi connectivity index (χ4n) is 3.39. The topological polar surface area (TPSA) is 64.0 Å². The van der Waals surface area contributed by atoms with E-state index >= 15 is 0 Å². The molecule has 0 atom stereocenters. The number of hydrogen-bond donors (Lipinski definition) is 1. The summed E-state index contributed by atoms with van der Waals surface area (Å²) in [5.74, 6) is 0.209. The highest BCUT2D eigenvalue weighted by molar-refractivity contribution is 5.91. The maximum Gasteiger partial charge on any atom is 0.262 e. The van der Waals surface area contributed by atoms with E-state index in [1.807, 2.05) is 74.5 Å². The predicted octanol–water partition coefficient (Wildman–Crippen LogP) is 4.32. The molecule has 4 aromatic rings. The molecule has 0 radical (unpaired) electrons. The maximum atomic E-state index is 13.2. The Bertz CT molecular complexity index is 1270. The Labute approximate surface area is 168 Å². The molecule has 1 amide bonds. The van der Waals surface area contributed by atoms with Crippen molar-refractivity contribution in [3.63, 3.8) is 0 Å². The number of rotatable bonds is 4. The number of fused-ring (bicyclic) bond motifs is 1. The summed E-state index contributed by atoms with van der Waals surface area (Å²) < 4.78 is 1.45. The van der Waals surface area contributed by atoms with E-state index in [0.29, 0.717) is 22.4 Å². The standard InChI is InChI=1S/C24H21N3O2/c1-16-7-5-9-18(13-16)23-26-21-12-4-3-11-20(21)24(29)27(23)15-22(28)25-19-10-6-8-17(2)14-19/h3-14H,15H2,1-2H3,(H,25,28). The number of carbonyl (C=O) groups excluding carboxylic acids is 1. The molecule has 0 aliphatic heterocycles. The number of nitrogens with zero attached hydrogens (tertiary/aromatic N) is 2. The molecule has 0 aliphatic rings. The Morgan fingerprint density at radius 1 is 0.931 bits per heavy atom. The molecule has 0 saturated heterocycles.